The number of rotatable bonds is 4. The lowest BCUT2D eigenvalue weighted by molar-refractivity contribution is 0.0515. The zero-order valence-corrected chi connectivity index (χ0v) is 14.2. The topological polar surface area (TPSA) is 68.6 Å². The molecule has 0 saturated carbocycles. The third kappa shape index (κ3) is 2.96. The van der Waals surface area contributed by atoms with Gasteiger partial charge in [0.05, 0.1) is 6.61 Å². The van der Waals surface area contributed by atoms with Crippen LogP contribution in [0.3, 0.4) is 0 Å². The van der Waals surface area contributed by atoms with E-state index in [-0.39, 0.29) is 17.2 Å². The fourth-order valence-corrected chi connectivity index (χ4v) is 4.09. The molecule has 0 radical (unpaired) electrons. The molecule has 0 aromatic carbocycles. The lowest BCUT2D eigenvalue weighted by atomic mass is 10.1. The van der Waals surface area contributed by atoms with Crippen LogP contribution in [0.15, 0.2) is 22.6 Å². The first-order valence-electron chi connectivity index (χ1n) is 7.28. The van der Waals surface area contributed by atoms with Gasteiger partial charge in [-0.2, -0.15) is 4.31 Å². The van der Waals surface area contributed by atoms with E-state index in [4.69, 9.17) is 4.74 Å². The molecule has 0 spiro atoms. The zero-order valence-electron chi connectivity index (χ0n) is 13.4. The van der Waals surface area contributed by atoms with Crippen molar-refractivity contribution in [3.05, 3.63) is 29.1 Å². The second-order valence-electron chi connectivity index (χ2n) is 5.42. The Hall–Kier alpha value is -1.60. The number of carbonyl (C=O) groups is 1. The molecule has 0 unspecified atom stereocenters. The highest BCUT2D eigenvalue weighted by molar-refractivity contribution is 7.89. The minimum absolute atomic E-state index is 0.172. The quantitative estimate of drug-likeness (QED) is 0.625. The first-order valence-corrected chi connectivity index (χ1v) is 8.72. The van der Waals surface area contributed by atoms with Crippen LogP contribution in [0.4, 0.5) is 0 Å². The van der Waals surface area contributed by atoms with Gasteiger partial charge in [-0.3, -0.25) is 0 Å². The van der Waals surface area contributed by atoms with Crippen LogP contribution in [-0.4, -0.2) is 43.0 Å². The van der Waals surface area contributed by atoms with Crippen LogP contribution < -0.4 is 0 Å². The summed E-state index contributed by atoms with van der Waals surface area (Å²) < 4.78 is 33.6. The third-order valence-electron chi connectivity index (χ3n) is 3.99. The van der Waals surface area contributed by atoms with Crippen molar-refractivity contribution in [2.75, 3.05) is 19.7 Å². The van der Waals surface area contributed by atoms with Gasteiger partial charge >= 0.3 is 5.97 Å². The lowest BCUT2D eigenvalue weighted by Crippen LogP contribution is -2.34. The number of ether oxygens (including phenoxy) is 1. The molecular weight excluding hydrogens is 304 g/mol. The van der Waals surface area contributed by atoms with Gasteiger partial charge in [-0.15, -0.1) is 0 Å². The minimum atomic E-state index is -3.61. The van der Waals surface area contributed by atoms with Crippen molar-refractivity contribution < 1.29 is 17.9 Å². The number of hydrogen-bond acceptors (Lipinski definition) is 4. The molecule has 1 aliphatic rings. The molecule has 0 fully saturated rings. The van der Waals surface area contributed by atoms with E-state index in [0.717, 1.165) is 6.42 Å². The Balaban J connectivity index is 2.40. The van der Waals surface area contributed by atoms with E-state index < -0.39 is 16.0 Å². The summed E-state index contributed by atoms with van der Waals surface area (Å²) in [4.78, 5) is 12.1. The molecule has 22 heavy (non-hydrogen) atoms. The van der Waals surface area contributed by atoms with E-state index in [2.05, 4.69) is 0 Å². The maximum absolute atomic E-state index is 12.8. The van der Waals surface area contributed by atoms with Gasteiger partial charge in [0, 0.05) is 25.8 Å². The lowest BCUT2D eigenvalue weighted by Gasteiger charge is -2.24. The predicted molar refractivity (Wildman–Crippen MR) is 83.2 cm³/mol. The first kappa shape index (κ1) is 16.8. The molecule has 0 atom stereocenters. The van der Waals surface area contributed by atoms with Crippen LogP contribution in [-0.2, 0) is 21.8 Å². The highest BCUT2D eigenvalue weighted by Crippen LogP contribution is 2.25. The second-order valence-corrected chi connectivity index (χ2v) is 7.33. The monoisotopic (exact) mass is 326 g/mol. The molecule has 1 aliphatic heterocycles. The van der Waals surface area contributed by atoms with Crippen molar-refractivity contribution in [1.82, 2.24) is 8.87 Å². The smallest absolute Gasteiger partial charge is 0.354 e. The maximum Gasteiger partial charge on any atom is 0.354 e. The van der Waals surface area contributed by atoms with E-state index in [1.807, 2.05) is 13.0 Å². The Morgan fingerprint density at radius 1 is 1.36 bits per heavy atom. The Morgan fingerprint density at radius 2 is 2.05 bits per heavy atom. The molecule has 0 amide bonds. The SMILES string of the molecule is CCOC(=O)c1cc(S(=O)(=O)N2CC=C(C)CC2)c(C)n1C. The average Bonchev–Trinajstić information content (AvgIpc) is 2.77. The Labute approximate surface area is 131 Å². The van der Waals surface area contributed by atoms with Gasteiger partial charge in [0.1, 0.15) is 10.6 Å². The standard InChI is InChI=1S/C15H22N2O4S/c1-5-21-15(18)13-10-14(12(3)16(13)4)22(19,20)17-8-6-11(2)7-9-17/h6,10H,5,7-9H2,1-4H3. The average molecular weight is 326 g/mol. The number of esters is 1. The predicted octanol–water partition coefficient (Wildman–Crippen LogP) is 1.85. The van der Waals surface area contributed by atoms with Crippen LogP contribution in [0.1, 0.15) is 36.5 Å². The maximum atomic E-state index is 12.8. The van der Waals surface area contributed by atoms with E-state index in [9.17, 15) is 13.2 Å². The summed E-state index contributed by atoms with van der Waals surface area (Å²) in [5, 5.41) is 0. The Bertz CT molecular complexity index is 716. The minimum Gasteiger partial charge on any atom is -0.461 e. The van der Waals surface area contributed by atoms with Gasteiger partial charge in [0.15, 0.2) is 0 Å². The number of carbonyl (C=O) groups excluding carboxylic acids is 1. The fraction of sp³-hybridized carbons (Fsp3) is 0.533. The highest BCUT2D eigenvalue weighted by Gasteiger charge is 2.30. The summed E-state index contributed by atoms with van der Waals surface area (Å²) in [6, 6.07) is 1.41. The van der Waals surface area contributed by atoms with Crippen molar-refractivity contribution >= 4 is 16.0 Å². The van der Waals surface area contributed by atoms with Crippen LogP contribution in [0, 0.1) is 6.92 Å². The molecule has 0 aliphatic carbocycles. The normalized spacial score (nSPS) is 16.5. The number of nitrogens with zero attached hydrogens (tertiary/aromatic N) is 2. The van der Waals surface area contributed by atoms with Gasteiger partial charge in [-0.05, 0) is 33.3 Å². The molecule has 7 heteroatoms. The van der Waals surface area contributed by atoms with Crippen LogP contribution in [0.2, 0.25) is 0 Å². The molecule has 0 N–H and O–H groups in total. The molecule has 2 rings (SSSR count). The van der Waals surface area contributed by atoms with Gasteiger partial charge in [0.2, 0.25) is 10.0 Å². The molecule has 6 nitrogen and oxygen atoms in total. The molecular formula is C15H22N2O4S. The second kappa shape index (κ2) is 6.26. The Morgan fingerprint density at radius 3 is 2.59 bits per heavy atom. The summed E-state index contributed by atoms with van der Waals surface area (Å²) in [7, 11) is -1.94. The number of hydrogen-bond donors (Lipinski definition) is 0. The molecule has 1 aromatic heterocycles. The summed E-state index contributed by atoms with van der Waals surface area (Å²) in [5.41, 5.74) is 1.99. The van der Waals surface area contributed by atoms with Crippen molar-refractivity contribution in [2.24, 2.45) is 7.05 Å². The van der Waals surface area contributed by atoms with Crippen molar-refractivity contribution in [1.29, 1.82) is 0 Å². The molecule has 2 heterocycles. The van der Waals surface area contributed by atoms with E-state index in [1.54, 1.807) is 25.5 Å². The Kier molecular flexibility index (Phi) is 4.77. The summed E-state index contributed by atoms with van der Waals surface area (Å²) >= 11 is 0. The van der Waals surface area contributed by atoms with Gasteiger partial charge < -0.3 is 9.30 Å². The van der Waals surface area contributed by atoms with Crippen molar-refractivity contribution in [3.8, 4) is 0 Å². The summed E-state index contributed by atoms with van der Waals surface area (Å²) in [6.07, 6.45) is 2.65. The van der Waals surface area contributed by atoms with E-state index in [1.165, 1.54) is 15.9 Å². The first-order chi connectivity index (χ1) is 10.3. The van der Waals surface area contributed by atoms with Crippen molar-refractivity contribution in [2.45, 2.75) is 32.1 Å². The van der Waals surface area contributed by atoms with Crippen LogP contribution in [0.25, 0.3) is 0 Å². The molecule has 122 valence electrons. The van der Waals surface area contributed by atoms with Gasteiger partial charge in [-0.1, -0.05) is 11.6 Å². The largest absolute Gasteiger partial charge is 0.461 e. The zero-order chi connectivity index (χ0) is 16.5. The van der Waals surface area contributed by atoms with Crippen LogP contribution >= 0.6 is 0 Å². The van der Waals surface area contributed by atoms with E-state index >= 15 is 0 Å². The molecule has 1 aromatic rings. The molecule has 0 bridgehead atoms. The fourth-order valence-electron chi connectivity index (χ4n) is 2.44. The molecule has 0 saturated heterocycles. The number of aromatic nitrogens is 1. The summed E-state index contributed by atoms with van der Waals surface area (Å²) in [6.45, 7) is 6.50. The highest BCUT2D eigenvalue weighted by atomic mass is 32.2. The van der Waals surface area contributed by atoms with E-state index in [0.29, 0.717) is 18.8 Å². The van der Waals surface area contributed by atoms with Gasteiger partial charge in [-0.25, -0.2) is 13.2 Å². The number of sulfonamides is 1. The van der Waals surface area contributed by atoms with Crippen molar-refractivity contribution in [3.63, 3.8) is 0 Å². The van der Waals surface area contributed by atoms with Gasteiger partial charge in [0.25, 0.3) is 0 Å². The van der Waals surface area contributed by atoms with Crippen LogP contribution in [0.5, 0.6) is 0 Å². The summed E-state index contributed by atoms with van der Waals surface area (Å²) in [5.74, 6) is -0.510. The third-order valence-corrected chi connectivity index (χ3v) is 5.97.